The van der Waals surface area contributed by atoms with Crippen molar-refractivity contribution in [2.24, 2.45) is 5.92 Å². The maximum Gasteiger partial charge on any atom is 0.410 e. The van der Waals surface area contributed by atoms with Crippen molar-refractivity contribution >= 4 is 6.09 Å². The number of hydrogen-bond donors (Lipinski definition) is 0. The van der Waals surface area contributed by atoms with Gasteiger partial charge in [-0.25, -0.2) is 4.79 Å². The predicted molar refractivity (Wildman–Crippen MR) is 120 cm³/mol. The lowest BCUT2D eigenvalue weighted by Gasteiger charge is -2.51. The molecule has 30 heavy (non-hydrogen) atoms. The standard InChI is InChI=1S/C26H34N2O2/c1-26(2,3)30-25(29)27-17-14-20(15-18-27)23-16-19-28(23)24(21-10-6-4-7-11-21)22-12-8-5-9-13-22/h4-13,20,23-24H,14-19H2,1-3H3. The monoisotopic (exact) mass is 406 g/mol. The molecule has 1 atom stereocenters. The zero-order valence-corrected chi connectivity index (χ0v) is 18.5. The minimum absolute atomic E-state index is 0.169. The summed E-state index contributed by atoms with van der Waals surface area (Å²) in [5.74, 6) is 0.632. The molecule has 0 aliphatic carbocycles. The maximum absolute atomic E-state index is 12.4. The molecule has 4 nitrogen and oxygen atoms in total. The van der Waals surface area contributed by atoms with Gasteiger partial charge in [0.2, 0.25) is 0 Å². The van der Waals surface area contributed by atoms with Crippen molar-refractivity contribution in [3.05, 3.63) is 71.8 Å². The Hall–Kier alpha value is -2.33. The first-order valence-corrected chi connectivity index (χ1v) is 11.3. The quantitative estimate of drug-likeness (QED) is 0.672. The van der Waals surface area contributed by atoms with E-state index in [4.69, 9.17) is 4.74 Å². The van der Waals surface area contributed by atoms with E-state index < -0.39 is 5.60 Å². The minimum atomic E-state index is -0.433. The lowest BCUT2D eigenvalue weighted by Crippen LogP contribution is -2.56. The first-order chi connectivity index (χ1) is 14.4. The minimum Gasteiger partial charge on any atom is -0.444 e. The Labute approximate surface area is 180 Å². The fourth-order valence-corrected chi connectivity index (χ4v) is 4.89. The summed E-state index contributed by atoms with van der Waals surface area (Å²) in [4.78, 5) is 17.0. The van der Waals surface area contributed by atoms with E-state index >= 15 is 0 Å². The van der Waals surface area contributed by atoms with Gasteiger partial charge in [-0.05, 0) is 57.1 Å². The van der Waals surface area contributed by atoms with Gasteiger partial charge >= 0.3 is 6.09 Å². The van der Waals surface area contributed by atoms with Crippen molar-refractivity contribution in [1.82, 2.24) is 9.80 Å². The summed E-state index contributed by atoms with van der Waals surface area (Å²) in [6, 6.07) is 22.6. The van der Waals surface area contributed by atoms with Gasteiger partial charge in [0.25, 0.3) is 0 Å². The average molecular weight is 407 g/mol. The second-order valence-corrected chi connectivity index (χ2v) is 9.62. The molecule has 1 unspecified atom stereocenters. The molecule has 160 valence electrons. The van der Waals surface area contributed by atoms with Crippen molar-refractivity contribution in [2.75, 3.05) is 19.6 Å². The molecular weight excluding hydrogens is 372 g/mol. The molecule has 2 fully saturated rings. The normalized spacial score (nSPS) is 20.8. The van der Waals surface area contributed by atoms with Crippen LogP contribution in [-0.4, -0.2) is 47.2 Å². The van der Waals surface area contributed by atoms with Crippen LogP contribution in [0.15, 0.2) is 60.7 Å². The van der Waals surface area contributed by atoms with E-state index in [9.17, 15) is 4.79 Å². The number of ether oxygens (including phenoxy) is 1. The summed E-state index contributed by atoms with van der Waals surface area (Å²) in [5.41, 5.74) is 2.29. The smallest absolute Gasteiger partial charge is 0.410 e. The highest BCUT2D eigenvalue weighted by Crippen LogP contribution is 2.41. The van der Waals surface area contributed by atoms with E-state index in [1.165, 1.54) is 17.5 Å². The first kappa shape index (κ1) is 20.9. The van der Waals surface area contributed by atoms with Crippen LogP contribution in [0.2, 0.25) is 0 Å². The molecule has 2 aromatic rings. The van der Waals surface area contributed by atoms with Gasteiger partial charge < -0.3 is 9.64 Å². The molecule has 2 aromatic carbocycles. The van der Waals surface area contributed by atoms with Crippen LogP contribution in [-0.2, 0) is 4.74 Å². The molecule has 2 heterocycles. The summed E-state index contributed by atoms with van der Waals surface area (Å²) in [7, 11) is 0. The van der Waals surface area contributed by atoms with E-state index in [1.54, 1.807) is 0 Å². The fourth-order valence-electron chi connectivity index (χ4n) is 4.89. The molecule has 0 radical (unpaired) electrons. The molecule has 0 aromatic heterocycles. The molecule has 0 saturated carbocycles. The van der Waals surface area contributed by atoms with Crippen LogP contribution in [0.3, 0.4) is 0 Å². The second kappa shape index (κ2) is 8.81. The van der Waals surface area contributed by atoms with Crippen LogP contribution in [0.5, 0.6) is 0 Å². The number of nitrogens with zero attached hydrogens (tertiary/aromatic N) is 2. The van der Waals surface area contributed by atoms with Gasteiger partial charge in [0.05, 0.1) is 6.04 Å². The molecule has 2 aliphatic heterocycles. The molecule has 4 rings (SSSR count). The molecule has 2 saturated heterocycles. The Bertz CT molecular complexity index is 784. The number of hydrogen-bond acceptors (Lipinski definition) is 3. The van der Waals surface area contributed by atoms with Crippen molar-refractivity contribution in [3.63, 3.8) is 0 Å². The summed E-state index contributed by atoms with van der Waals surface area (Å²) >= 11 is 0. The van der Waals surface area contributed by atoms with Crippen LogP contribution < -0.4 is 0 Å². The van der Waals surface area contributed by atoms with E-state index in [-0.39, 0.29) is 6.09 Å². The topological polar surface area (TPSA) is 32.8 Å². The fraction of sp³-hybridized carbons (Fsp3) is 0.500. The third-order valence-electron chi connectivity index (χ3n) is 6.41. The first-order valence-electron chi connectivity index (χ1n) is 11.3. The second-order valence-electron chi connectivity index (χ2n) is 9.62. The van der Waals surface area contributed by atoms with Crippen molar-refractivity contribution in [1.29, 1.82) is 0 Å². The number of piperidine rings is 1. The highest BCUT2D eigenvalue weighted by Gasteiger charge is 2.41. The van der Waals surface area contributed by atoms with Crippen LogP contribution in [0.4, 0.5) is 4.79 Å². The van der Waals surface area contributed by atoms with E-state index in [2.05, 4.69) is 65.6 Å². The Kier molecular flexibility index (Phi) is 6.14. The number of likely N-dealkylation sites (tertiary alicyclic amines) is 2. The van der Waals surface area contributed by atoms with Crippen molar-refractivity contribution < 1.29 is 9.53 Å². The number of carbonyl (C=O) groups is 1. The Balaban J connectivity index is 1.44. The van der Waals surface area contributed by atoms with Crippen LogP contribution in [0.1, 0.15) is 57.2 Å². The molecule has 0 bridgehead atoms. The molecule has 1 amide bonds. The predicted octanol–water partition coefficient (Wildman–Crippen LogP) is 5.50. The zero-order valence-electron chi connectivity index (χ0n) is 18.5. The Morgan fingerprint density at radius 3 is 1.83 bits per heavy atom. The van der Waals surface area contributed by atoms with Gasteiger partial charge in [-0.15, -0.1) is 0 Å². The Morgan fingerprint density at radius 2 is 1.40 bits per heavy atom. The summed E-state index contributed by atoms with van der Waals surface area (Å²) < 4.78 is 5.56. The van der Waals surface area contributed by atoms with Crippen molar-refractivity contribution in [2.45, 2.75) is 57.7 Å². The van der Waals surface area contributed by atoms with Crippen LogP contribution >= 0.6 is 0 Å². The Morgan fingerprint density at radius 1 is 0.867 bits per heavy atom. The molecule has 4 heteroatoms. The maximum atomic E-state index is 12.4. The van der Waals surface area contributed by atoms with Gasteiger partial charge in [-0.3, -0.25) is 4.90 Å². The summed E-state index contributed by atoms with van der Waals surface area (Å²) in [6.45, 7) is 8.51. The van der Waals surface area contributed by atoms with Crippen molar-refractivity contribution in [3.8, 4) is 0 Å². The van der Waals surface area contributed by atoms with Gasteiger partial charge in [-0.1, -0.05) is 60.7 Å². The van der Waals surface area contributed by atoms with Gasteiger partial charge in [-0.2, -0.15) is 0 Å². The van der Waals surface area contributed by atoms with Crippen LogP contribution in [0.25, 0.3) is 0 Å². The molecule has 0 N–H and O–H groups in total. The largest absolute Gasteiger partial charge is 0.444 e. The number of benzene rings is 2. The lowest BCUT2D eigenvalue weighted by molar-refractivity contribution is -0.0152. The van der Waals surface area contributed by atoms with Crippen LogP contribution in [0, 0.1) is 5.92 Å². The number of carbonyl (C=O) groups excluding carboxylic acids is 1. The number of amides is 1. The van der Waals surface area contributed by atoms with Gasteiger partial charge in [0.1, 0.15) is 5.60 Å². The van der Waals surface area contributed by atoms with Gasteiger partial charge in [0.15, 0.2) is 0 Å². The van der Waals surface area contributed by atoms with E-state index in [0.717, 1.165) is 32.5 Å². The molecule has 0 spiro atoms. The molecular formula is C26H34N2O2. The third-order valence-corrected chi connectivity index (χ3v) is 6.41. The SMILES string of the molecule is CC(C)(C)OC(=O)N1CCC(C2CCN2C(c2ccccc2)c2ccccc2)CC1. The third kappa shape index (κ3) is 4.70. The summed E-state index contributed by atoms with van der Waals surface area (Å²) in [5, 5.41) is 0. The van der Waals surface area contributed by atoms with E-state index in [1.807, 2.05) is 25.7 Å². The van der Waals surface area contributed by atoms with E-state index in [0.29, 0.717) is 18.0 Å². The van der Waals surface area contributed by atoms with Gasteiger partial charge in [0, 0.05) is 25.7 Å². The average Bonchev–Trinajstić information content (AvgIpc) is 2.71. The molecule has 2 aliphatic rings. The summed E-state index contributed by atoms with van der Waals surface area (Å²) in [6.07, 6.45) is 3.18. The lowest BCUT2D eigenvalue weighted by atomic mass is 9.80. The zero-order chi connectivity index (χ0) is 21.1. The number of rotatable bonds is 4. The highest BCUT2D eigenvalue weighted by molar-refractivity contribution is 5.68. The highest BCUT2D eigenvalue weighted by atomic mass is 16.6.